The minimum absolute atomic E-state index is 0.162. The summed E-state index contributed by atoms with van der Waals surface area (Å²) in [6, 6.07) is 0. The van der Waals surface area contributed by atoms with Crippen LogP contribution < -0.4 is 4.90 Å². The second-order valence-electron chi connectivity index (χ2n) is 2.26. The topological polar surface area (TPSA) is 24.7 Å². The first kappa shape index (κ1) is 6.92. The van der Waals surface area contributed by atoms with E-state index in [1.54, 1.807) is 6.92 Å². The highest BCUT2D eigenvalue weighted by molar-refractivity contribution is 4.35. The third kappa shape index (κ3) is 5.92. The smallest absolute Gasteiger partial charge is 0.103 e. The van der Waals surface area contributed by atoms with Crippen LogP contribution in [0.2, 0.25) is 0 Å². The first-order valence-corrected chi connectivity index (χ1v) is 2.60. The molecule has 0 aromatic carbocycles. The fourth-order valence-electron chi connectivity index (χ4n) is 0.591. The molecule has 1 atom stereocenters. The van der Waals surface area contributed by atoms with Gasteiger partial charge in [0.2, 0.25) is 0 Å². The number of aliphatic hydroxyl groups is 1. The van der Waals surface area contributed by atoms with Gasteiger partial charge in [0, 0.05) is 0 Å². The van der Waals surface area contributed by atoms with E-state index in [0.29, 0.717) is 0 Å². The SMILES string of the molecule is C[C@H](O)C[NH+](C)C. The lowest BCUT2D eigenvalue weighted by Crippen LogP contribution is -3.06. The Morgan fingerprint density at radius 1 is 1.57 bits per heavy atom. The molecule has 0 amide bonds. The van der Waals surface area contributed by atoms with Crippen molar-refractivity contribution in [3.05, 3.63) is 0 Å². The molecule has 0 aromatic heterocycles. The van der Waals surface area contributed by atoms with Crippen LogP contribution in [0.3, 0.4) is 0 Å². The molecule has 0 aromatic rings. The van der Waals surface area contributed by atoms with Crippen LogP contribution >= 0.6 is 0 Å². The largest absolute Gasteiger partial charge is 0.388 e. The quantitative estimate of drug-likeness (QED) is 0.438. The van der Waals surface area contributed by atoms with Gasteiger partial charge < -0.3 is 10.0 Å². The van der Waals surface area contributed by atoms with Gasteiger partial charge in [-0.3, -0.25) is 0 Å². The summed E-state index contributed by atoms with van der Waals surface area (Å²) < 4.78 is 0. The molecule has 0 radical (unpaired) electrons. The maximum absolute atomic E-state index is 8.70. The Kier molecular flexibility index (Phi) is 2.96. The fourth-order valence-corrected chi connectivity index (χ4v) is 0.591. The van der Waals surface area contributed by atoms with Gasteiger partial charge >= 0.3 is 0 Å². The van der Waals surface area contributed by atoms with Crippen LogP contribution in [0.4, 0.5) is 0 Å². The molecule has 0 unspecified atom stereocenters. The number of nitrogens with one attached hydrogen (secondary N) is 1. The highest BCUT2D eigenvalue weighted by atomic mass is 16.3. The summed E-state index contributed by atoms with van der Waals surface area (Å²) in [5.41, 5.74) is 0. The van der Waals surface area contributed by atoms with E-state index in [2.05, 4.69) is 0 Å². The Morgan fingerprint density at radius 3 is 2.00 bits per heavy atom. The van der Waals surface area contributed by atoms with Gasteiger partial charge in [0.25, 0.3) is 0 Å². The van der Waals surface area contributed by atoms with E-state index >= 15 is 0 Å². The highest BCUT2D eigenvalue weighted by Gasteiger charge is 1.97. The predicted molar refractivity (Wildman–Crippen MR) is 29.4 cm³/mol. The highest BCUT2D eigenvalue weighted by Crippen LogP contribution is 1.66. The number of hydrogen-bond acceptors (Lipinski definition) is 1. The van der Waals surface area contributed by atoms with Gasteiger partial charge in [-0.25, -0.2) is 0 Å². The molecule has 7 heavy (non-hydrogen) atoms. The molecule has 0 aliphatic carbocycles. The lowest BCUT2D eigenvalue weighted by atomic mass is 10.4. The third-order valence-electron chi connectivity index (χ3n) is 0.704. The molecular weight excluding hydrogens is 90.1 g/mol. The number of rotatable bonds is 2. The zero-order chi connectivity index (χ0) is 5.86. The summed E-state index contributed by atoms with van der Waals surface area (Å²) in [4.78, 5) is 1.29. The van der Waals surface area contributed by atoms with Crippen molar-refractivity contribution >= 4 is 0 Å². The van der Waals surface area contributed by atoms with Gasteiger partial charge in [-0.15, -0.1) is 0 Å². The van der Waals surface area contributed by atoms with Crippen molar-refractivity contribution in [3.8, 4) is 0 Å². The van der Waals surface area contributed by atoms with Crippen molar-refractivity contribution in [3.63, 3.8) is 0 Å². The Morgan fingerprint density at radius 2 is 2.00 bits per heavy atom. The van der Waals surface area contributed by atoms with Crippen LogP contribution in [0.1, 0.15) is 6.92 Å². The lowest BCUT2D eigenvalue weighted by Gasteiger charge is -2.07. The summed E-state index contributed by atoms with van der Waals surface area (Å²) in [5.74, 6) is 0. The Labute approximate surface area is 44.8 Å². The van der Waals surface area contributed by atoms with Crippen molar-refractivity contribution < 1.29 is 10.0 Å². The van der Waals surface area contributed by atoms with Crippen molar-refractivity contribution in [2.45, 2.75) is 13.0 Å². The van der Waals surface area contributed by atoms with Gasteiger partial charge in [0.05, 0.1) is 14.1 Å². The number of likely N-dealkylation sites (N-methyl/N-ethyl adjacent to an activating group) is 1. The maximum Gasteiger partial charge on any atom is 0.103 e. The molecule has 2 heteroatoms. The second kappa shape index (κ2) is 2.99. The lowest BCUT2D eigenvalue weighted by molar-refractivity contribution is -0.861. The first-order chi connectivity index (χ1) is 3.13. The van der Waals surface area contributed by atoms with Gasteiger partial charge in [0.1, 0.15) is 12.6 Å². The average molecular weight is 104 g/mol. The summed E-state index contributed by atoms with van der Waals surface area (Å²) in [6.07, 6.45) is -0.162. The molecule has 2 N–H and O–H groups in total. The van der Waals surface area contributed by atoms with Crippen molar-refractivity contribution in [1.82, 2.24) is 0 Å². The van der Waals surface area contributed by atoms with Crippen LogP contribution in [0.5, 0.6) is 0 Å². The van der Waals surface area contributed by atoms with Gasteiger partial charge in [0.15, 0.2) is 0 Å². The molecule has 0 bridgehead atoms. The molecule has 0 spiro atoms. The molecule has 0 fully saturated rings. The van der Waals surface area contributed by atoms with E-state index in [9.17, 15) is 0 Å². The van der Waals surface area contributed by atoms with E-state index in [-0.39, 0.29) is 6.10 Å². The third-order valence-corrected chi connectivity index (χ3v) is 0.704. The molecule has 2 nitrogen and oxygen atoms in total. The summed E-state index contributed by atoms with van der Waals surface area (Å²) in [5, 5.41) is 8.70. The zero-order valence-electron chi connectivity index (χ0n) is 5.23. The molecule has 44 valence electrons. The second-order valence-corrected chi connectivity index (χ2v) is 2.26. The minimum Gasteiger partial charge on any atom is -0.388 e. The van der Waals surface area contributed by atoms with E-state index in [1.807, 2.05) is 14.1 Å². The predicted octanol–water partition coefficient (Wildman–Crippen LogP) is -1.49. The van der Waals surface area contributed by atoms with Crippen LogP contribution in [0.15, 0.2) is 0 Å². The van der Waals surface area contributed by atoms with Gasteiger partial charge in [-0.1, -0.05) is 0 Å². The summed E-state index contributed by atoms with van der Waals surface area (Å²) in [7, 11) is 4.04. The molecule has 0 saturated heterocycles. The van der Waals surface area contributed by atoms with Crippen molar-refractivity contribution in [1.29, 1.82) is 0 Å². The van der Waals surface area contributed by atoms with E-state index in [4.69, 9.17) is 5.11 Å². The zero-order valence-corrected chi connectivity index (χ0v) is 5.23. The molecule has 0 aliphatic rings. The standard InChI is InChI=1S/C5H13NO/c1-5(7)4-6(2)3/h5,7H,4H2,1-3H3/p+1/t5-/m0/s1. The number of hydrogen-bond donors (Lipinski definition) is 2. The summed E-state index contributed by atoms with van der Waals surface area (Å²) in [6.45, 7) is 2.63. The van der Waals surface area contributed by atoms with Crippen LogP contribution in [-0.4, -0.2) is 31.9 Å². The fraction of sp³-hybridized carbons (Fsp3) is 1.00. The van der Waals surface area contributed by atoms with Crippen molar-refractivity contribution in [2.75, 3.05) is 20.6 Å². The first-order valence-electron chi connectivity index (χ1n) is 2.60. The maximum atomic E-state index is 8.70. The monoisotopic (exact) mass is 104 g/mol. The average Bonchev–Trinajstić information content (AvgIpc) is 1.27. The summed E-state index contributed by atoms with van der Waals surface area (Å²) >= 11 is 0. The van der Waals surface area contributed by atoms with E-state index < -0.39 is 0 Å². The van der Waals surface area contributed by atoms with Gasteiger partial charge in [-0.05, 0) is 6.92 Å². The Bertz CT molecular complexity index is 37.3. The number of quaternary nitrogens is 1. The molecule has 0 rings (SSSR count). The molecule has 0 heterocycles. The Balaban J connectivity index is 2.95. The normalized spacial score (nSPS) is 15.0. The van der Waals surface area contributed by atoms with Crippen LogP contribution in [0.25, 0.3) is 0 Å². The van der Waals surface area contributed by atoms with Gasteiger partial charge in [-0.2, -0.15) is 0 Å². The minimum atomic E-state index is -0.162. The van der Waals surface area contributed by atoms with Crippen LogP contribution in [0, 0.1) is 0 Å². The number of aliphatic hydroxyl groups excluding tert-OH is 1. The molecular formula is C5H14NO+. The molecule has 0 saturated carbocycles. The Hall–Kier alpha value is -0.0800. The molecule has 0 aliphatic heterocycles. The van der Waals surface area contributed by atoms with Crippen LogP contribution in [-0.2, 0) is 0 Å². The van der Waals surface area contributed by atoms with Crippen molar-refractivity contribution in [2.24, 2.45) is 0 Å². The van der Waals surface area contributed by atoms with E-state index in [1.165, 1.54) is 4.90 Å². The van der Waals surface area contributed by atoms with E-state index in [0.717, 1.165) is 6.54 Å².